The van der Waals surface area contributed by atoms with E-state index in [-0.39, 0.29) is 69.5 Å². The van der Waals surface area contributed by atoms with E-state index >= 15 is 4.39 Å². The van der Waals surface area contributed by atoms with Gasteiger partial charge in [-0.3, -0.25) is 33.6 Å². The first kappa shape index (κ1) is 53.1. The Morgan fingerprint density at radius 1 is 0.973 bits per heavy atom. The Kier molecular flexibility index (Phi) is 15.9. The SMILES string of the molecule is CC[C@@]1(O)C(=O)OCc2c1cc1n(c2=O)Cc2c-1nc1cc(F)c(C)c3c1c2[C@@H](NC(=O)CCCN(CC(N)=O)C(=O)[C@H](Cc1ccccc1)NC(=O)CNC(=O)CNC(=O)CCNC(=O)OC(C)(C)C)CC3. The Labute approximate surface area is 419 Å². The molecule has 0 unspecified atom stereocenters. The number of pyridine rings is 2. The number of alkyl carbamates (subject to hydrolysis) is 1. The minimum atomic E-state index is -2.06. The molecule has 0 fully saturated rings. The highest BCUT2D eigenvalue weighted by Gasteiger charge is 2.46. The number of cyclic esters (lactones) is 1. The molecule has 22 heteroatoms. The number of hydrogen-bond donors (Lipinski definition) is 7. The van der Waals surface area contributed by atoms with Crippen LogP contribution in [0.3, 0.4) is 0 Å². The number of ether oxygens (including phenoxy) is 2. The zero-order valence-corrected chi connectivity index (χ0v) is 41.3. The number of aryl methyl sites for hydroxylation is 1. The zero-order valence-electron chi connectivity index (χ0n) is 41.3. The van der Waals surface area contributed by atoms with Crippen LogP contribution >= 0.6 is 0 Å². The fraction of sp³-hybridized carbons (Fsp3) is 0.451. The molecule has 2 aliphatic heterocycles. The molecule has 2 aromatic heterocycles. The number of primary amides is 1. The average molecular weight is 1010 g/mol. The lowest BCUT2D eigenvalue weighted by atomic mass is 9.81. The number of carbonyl (C=O) groups is 8. The second-order valence-corrected chi connectivity index (χ2v) is 19.3. The minimum Gasteiger partial charge on any atom is -0.458 e. The summed E-state index contributed by atoms with van der Waals surface area (Å²) >= 11 is 0. The molecule has 7 rings (SSSR count). The van der Waals surface area contributed by atoms with Crippen molar-refractivity contribution < 1.29 is 57.3 Å². The van der Waals surface area contributed by atoms with Crippen molar-refractivity contribution in [1.82, 2.24) is 41.0 Å². The second-order valence-electron chi connectivity index (χ2n) is 19.3. The molecule has 3 atom stereocenters. The second kappa shape index (κ2) is 21.9. The topological polar surface area (TPSA) is 300 Å². The first-order valence-corrected chi connectivity index (χ1v) is 24.1. The molecule has 2 aromatic carbocycles. The summed E-state index contributed by atoms with van der Waals surface area (Å²) in [6.45, 7) is 6.31. The van der Waals surface area contributed by atoms with Crippen molar-refractivity contribution in [3.8, 4) is 11.4 Å². The number of aromatic nitrogens is 2. The van der Waals surface area contributed by atoms with E-state index in [1.807, 2.05) is 0 Å². The summed E-state index contributed by atoms with van der Waals surface area (Å²) < 4.78 is 27.3. The maximum atomic E-state index is 15.5. The van der Waals surface area contributed by atoms with Crippen molar-refractivity contribution in [2.75, 3.05) is 32.7 Å². The van der Waals surface area contributed by atoms with Crippen molar-refractivity contribution in [2.24, 2.45) is 5.73 Å². The number of fused-ring (bicyclic) bond motifs is 5. The van der Waals surface area contributed by atoms with Crippen LogP contribution in [-0.4, -0.2) is 111 Å². The molecule has 4 heterocycles. The third kappa shape index (κ3) is 12.0. The number of benzene rings is 2. The molecule has 0 bridgehead atoms. The van der Waals surface area contributed by atoms with Crippen LogP contribution in [0.25, 0.3) is 22.3 Å². The number of hydrogen-bond acceptors (Lipinski definition) is 13. The first-order valence-electron chi connectivity index (χ1n) is 24.1. The smallest absolute Gasteiger partial charge is 0.407 e. The Bertz CT molecular complexity index is 2960. The summed E-state index contributed by atoms with van der Waals surface area (Å²) in [5, 5.41) is 25.0. The summed E-state index contributed by atoms with van der Waals surface area (Å²) in [4.78, 5) is 123. The van der Waals surface area contributed by atoms with Crippen molar-refractivity contribution in [3.63, 3.8) is 0 Å². The number of nitrogens with zero attached hydrogens (tertiary/aromatic N) is 3. The maximum Gasteiger partial charge on any atom is 0.407 e. The Hall–Kier alpha value is -7.75. The van der Waals surface area contributed by atoms with Gasteiger partial charge in [0.1, 0.15) is 24.1 Å². The summed E-state index contributed by atoms with van der Waals surface area (Å²) in [7, 11) is 0. The number of aliphatic hydroxyl groups is 1. The van der Waals surface area contributed by atoms with E-state index in [9.17, 15) is 48.3 Å². The molecule has 21 nitrogen and oxygen atoms in total. The van der Waals surface area contributed by atoms with E-state index in [0.717, 1.165) is 10.5 Å². The molecule has 0 radical (unpaired) electrons. The van der Waals surface area contributed by atoms with Crippen molar-refractivity contribution in [2.45, 2.75) is 116 Å². The van der Waals surface area contributed by atoms with Crippen LogP contribution in [0, 0.1) is 12.7 Å². The van der Waals surface area contributed by atoms with Gasteiger partial charge < -0.3 is 56.4 Å². The largest absolute Gasteiger partial charge is 0.458 e. The highest BCUT2D eigenvalue weighted by molar-refractivity contribution is 5.95. The monoisotopic (exact) mass is 1010 g/mol. The predicted octanol–water partition coefficient (Wildman–Crippen LogP) is 1.60. The number of rotatable bonds is 19. The standard InChI is InChI=1S/C51H60FN9O12/c1-6-51(71)32-20-37-45-30(24-61(37)46(67)31(32)26-72-48(51)69)44-34(15-14-29-27(2)33(52)21-35(59-45)43(29)44)57-40(64)13-10-18-60(25-38(53)62)47(68)36(19-28-11-8-7-9-12-28)58-42(66)23-56-41(65)22-55-39(63)16-17-54-49(70)73-50(3,4)5/h7-9,11-12,20-21,34,36,71H,6,10,13-19,22-26H2,1-5H3,(H2,53,62)(H,54,70)(H,55,63)(H,56,65)(H,57,64)(H,58,66)/t34-,36-,51-/m0/s1. The van der Waals surface area contributed by atoms with Gasteiger partial charge in [0.25, 0.3) is 5.56 Å². The number of amides is 7. The Morgan fingerprint density at radius 2 is 1.68 bits per heavy atom. The van der Waals surface area contributed by atoms with E-state index < -0.39 is 102 Å². The van der Waals surface area contributed by atoms with Gasteiger partial charge in [-0.25, -0.2) is 19.0 Å². The van der Waals surface area contributed by atoms with Crippen LogP contribution in [0.1, 0.15) is 105 Å². The van der Waals surface area contributed by atoms with Gasteiger partial charge in [-0.05, 0) is 81.7 Å². The van der Waals surface area contributed by atoms with E-state index in [2.05, 4.69) is 26.6 Å². The fourth-order valence-electron chi connectivity index (χ4n) is 9.47. The molecule has 73 heavy (non-hydrogen) atoms. The van der Waals surface area contributed by atoms with E-state index in [0.29, 0.717) is 57.4 Å². The lowest BCUT2D eigenvalue weighted by Crippen LogP contribution is -2.53. The van der Waals surface area contributed by atoms with Crippen LogP contribution in [0.5, 0.6) is 0 Å². The molecule has 3 aliphatic rings. The average Bonchev–Trinajstić information content (AvgIpc) is 3.70. The fourth-order valence-corrected chi connectivity index (χ4v) is 9.47. The van der Waals surface area contributed by atoms with Gasteiger partial charge in [0.2, 0.25) is 35.4 Å². The molecule has 7 amide bonds. The van der Waals surface area contributed by atoms with Crippen molar-refractivity contribution in [3.05, 3.63) is 97.6 Å². The van der Waals surface area contributed by atoms with E-state index in [4.69, 9.17) is 20.2 Å². The van der Waals surface area contributed by atoms with Gasteiger partial charge >= 0.3 is 12.1 Å². The highest BCUT2D eigenvalue weighted by Crippen LogP contribution is 2.46. The van der Waals surface area contributed by atoms with Crippen LogP contribution < -0.4 is 37.9 Å². The van der Waals surface area contributed by atoms with Crippen molar-refractivity contribution >= 4 is 58.4 Å². The summed E-state index contributed by atoms with van der Waals surface area (Å²) in [6.07, 6.45) is -0.217. The van der Waals surface area contributed by atoms with Gasteiger partial charge in [0.05, 0.1) is 54.7 Å². The van der Waals surface area contributed by atoms with E-state index in [1.165, 1.54) is 10.6 Å². The van der Waals surface area contributed by atoms with Crippen LogP contribution in [0.4, 0.5) is 9.18 Å². The van der Waals surface area contributed by atoms with Gasteiger partial charge in [-0.1, -0.05) is 37.3 Å². The molecule has 8 N–H and O–H groups in total. The predicted molar refractivity (Wildman–Crippen MR) is 260 cm³/mol. The summed E-state index contributed by atoms with van der Waals surface area (Å²) in [5.74, 6) is -5.29. The Morgan fingerprint density at radius 3 is 2.38 bits per heavy atom. The van der Waals surface area contributed by atoms with E-state index in [1.54, 1.807) is 71.0 Å². The van der Waals surface area contributed by atoms with Crippen LogP contribution in [0.15, 0.2) is 47.3 Å². The molecule has 1 aliphatic carbocycles. The highest BCUT2D eigenvalue weighted by atomic mass is 19.1. The lowest BCUT2D eigenvalue weighted by molar-refractivity contribution is -0.172. The Balaban J connectivity index is 1.02. The van der Waals surface area contributed by atoms with Gasteiger partial charge in [0.15, 0.2) is 5.60 Å². The molecule has 0 saturated carbocycles. The normalized spacial score (nSPS) is 16.7. The lowest BCUT2D eigenvalue weighted by Gasteiger charge is -2.31. The number of esters is 1. The number of carbonyl (C=O) groups excluding carboxylic acids is 8. The zero-order chi connectivity index (χ0) is 52.9. The molecule has 0 saturated heterocycles. The molecular formula is C51H60FN9O12. The van der Waals surface area contributed by atoms with Crippen molar-refractivity contribution in [1.29, 1.82) is 0 Å². The molecule has 0 spiro atoms. The molecule has 388 valence electrons. The quantitative estimate of drug-likeness (QED) is 0.0580. The number of nitrogens with two attached hydrogens (primary N) is 1. The summed E-state index contributed by atoms with van der Waals surface area (Å²) in [6, 6.07) is 9.75. The van der Waals surface area contributed by atoms with Crippen LogP contribution in [-0.2, 0) is 74.6 Å². The van der Waals surface area contributed by atoms with Gasteiger partial charge in [0, 0.05) is 54.9 Å². The summed E-state index contributed by atoms with van der Waals surface area (Å²) in [5.41, 5.74) is 6.67. The minimum absolute atomic E-state index is 0.0102. The first-order chi connectivity index (χ1) is 34.6. The van der Waals surface area contributed by atoms with Crippen LogP contribution in [0.2, 0.25) is 0 Å². The third-order valence-electron chi connectivity index (χ3n) is 13.0. The number of nitrogens with one attached hydrogen (secondary N) is 5. The maximum absolute atomic E-state index is 15.5. The third-order valence-corrected chi connectivity index (χ3v) is 13.0. The number of halogens is 1. The molecule has 4 aromatic rings. The molecular weight excluding hydrogens is 950 g/mol. The van der Waals surface area contributed by atoms with Gasteiger partial charge in [-0.15, -0.1) is 0 Å². The van der Waals surface area contributed by atoms with Gasteiger partial charge in [-0.2, -0.15) is 0 Å².